The monoisotopic (exact) mass is 410 g/mol. The van der Waals surface area contributed by atoms with E-state index in [1.54, 1.807) is 11.3 Å². The molecule has 0 aliphatic carbocycles. The Balaban J connectivity index is 1.39. The summed E-state index contributed by atoms with van der Waals surface area (Å²) in [5, 5.41) is 6.57. The number of nitrogens with zero attached hydrogens (tertiary/aromatic N) is 2. The fourth-order valence-corrected chi connectivity index (χ4v) is 4.18. The molecule has 0 saturated heterocycles. The number of nitrogens with one attached hydrogen (secondary N) is 1. The number of nitrogens with two attached hydrogens (primary N) is 1. The third-order valence-electron chi connectivity index (χ3n) is 4.61. The fraction of sp³-hybridized carbons (Fsp3) is 0. The molecule has 6 heteroatoms. The molecule has 0 spiro atoms. The topological polar surface area (TPSA) is 73.1 Å². The van der Waals surface area contributed by atoms with Crippen molar-refractivity contribution in [3.8, 4) is 22.8 Å². The summed E-state index contributed by atoms with van der Waals surface area (Å²) in [7, 11) is 0. The van der Waals surface area contributed by atoms with Crippen LogP contribution in [0.25, 0.3) is 21.3 Å². The van der Waals surface area contributed by atoms with Gasteiger partial charge in [-0.15, -0.1) is 11.3 Å². The summed E-state index contributed by atoms with van der Waals surface area (Å²) in [6, 6.07) is 27.6. The van der Waals surface area contributed by atoms with Crippen LogP contribution in [0.5, 0.6) is 11.5 Å². The molecule has 146 valence electrons. The molecule has 3 N–H and O–H groups in total. The first-order chi connectivity index (χ1) is 14.7. The van der Waals surface area contributed by atoms with Gasteiger partial charge in [-0.2, -0.15) is 4.98 Å². The highest BCUT2D eigenvalue weighted by Gasteiger charge is 2.10. The van der Waals surface area contributed by atoms with E-state index in [1.165, 1.54) is 4.70 Å². The van der Waals surface area contributed by atoms with Crippen molar-refractivity contribution in [2.24, 2.45) is 0 Å². The minimum Gasteiger partial charge on any atom is -0.457 e. The highest BCUT2D eigenvalue weighted by molar-refractivity contribution is 7.17. The molecule has 0 aliphatic heterocycles. The number of anilines is 3. The second-order valence-corrected chi connectivity index (χ2v) is 7.62. The number of fused-ring (bicyclic) bond motifs is 1. The van der Waals surface area contributed by atoms with Gasteiger partial charge in [0.1, 0.15) is 17.3 Å². The average Bonchev–Trinajstić information content (AvgIpc) is 3.20. The summed E-state index contributed by atoms with van der Waals surface area (Å²) >= 11 is 1.69. The van der Waals surface area contributed by atoms with E-state index in [4.69, 9.17) is 10.5 Å². The van der Waals surface area contributed by atoms with Crippen molar-refractivity contribution in [1.29, 1.82) is 0 Å². The Labute approximate surface area is 177 Å². The summed E-state index contributed by atoms with van der Waals surface area (Å²) in [6.07, 6.45) is 0. The molecule has 5 aromatic rings. The van der Waals surface area contributed by atoms with Crippen molar-refractivity contribution >= 4 is 38.9 Å². The molecule has 0 aliphatic rings. The maximum Gasteiger partial charge on any atom is 0.222 e. The quantitative estimate of drug-likeness (QED) is 0.347. The Morgan fingerprint density at radius 3 is 2.37 bits per heavy atom. The van der Waals surface area contributed by atoms with Crippen LogP contribution in [0.3, 0.4) is 0 Å². The zero-order chi connectivity index (χ0) is 20.3. The van der Waals surface area contributed by atoms with Crippen molar-refractivity contribution in [3.63, 3.8) is 0 Å². The third-order valence-corrected chi connectivity index (χ3v) is 5.57. The zero-order valence-electron chi connectivity index (χ0n) is 15.9. The normalized spacial score (nSPS) is 10.8. The van der Waals surface area contributed by atoms with E-state index < -0.39 is 0 Å². The van der Waals surface area contributed by atoms with Crippen LogP contribution in [0.4, 0.5) is 17.5 Å². The number of nitrogen functional groups attached to an aromatic ring is 1. The molecule has 0 unspecified atom stereocenters. The van der Waals surface area contributed by atoms with E-state index in [2.05, 4.69) is 32.8 Å². The van der Waals surface area contributed by atoms with Gasteiger partial charge in [-0.1, -0.05) is 36.4 Å². The molecule has 2 heterocycles. The van der Waals surface area contributed by atoms with Crippen LogP contribution in [-0.2, 0) is 0 Å². The summed E-state index contributed by atoms with van der Waals surface area (Å²) in [6.45, 7) is 0. The Bertz CT molecular complexity index is 1300. The number of thiophene rings is 1. The second-order valence-electron chi connectivity index (χ2n) is 6.71. The summed E-state index contributed by atoms with van der Waals surface area (Å²) in [5.41, 5.74) is 8.73. The molecule has 5 nitrogen and oxygen atoms in total. The Morgan fingerprint density at radius 2 is 1.53 bits per heavy atom. The number of hydrogen-bond acceptors (Lipinski definition) is 6. The lowest BCUT2D eigenvalue weighted by Crippen LogP contribution is -2.01. The van der Waals surface area contributed by atoms with Crippen LogP contribution >= 0.6 is 11.3 Å². The predicted octanol–water partition coefficient (Wildman–Crippen LogP) is 6.48. The maximum atomic E-state index is 5.99. The van der Waals surface area contributed by atoms with E-state index in [0.29, 0.717) is 5.82 Å². The van der Waals surface area contributed by atoms with E-state index in [0.717, 1.165) is 33.8 Å². The largest absolute Gasteiger partial charge is 0.457 e. The summed E-state index contributed by atoms with van der Waals surface area (Å²) in [5.74, 6) is 2.44. The van der Waals surface area contributed by atoms with Crippen LogP contribution in [-0.4, -0.2) is 9.97 Å². The molecule has 0 saturated carbocycles. The predicted molar refractivity (Wildman–Crippen MR) is 124 cm³/mol. The van der Waals surface area contributed by atoms with Gasteiger partial charge in [-0.3, -0.25) is 0 Å². The third kappa shape index (κ3) is 3.81. The van der Waals surface area contributed by atoms with Gasteiger partial charge in [0.15, 0.2) is 0 Å². The highest BCUT2D eigenvalue weighted by atomic mass is 32.1. The smallest absolute Gasteiger partial charge is 0.222 e. The first kappa shape index (κ1) is 18.1. The first-order valence-electron chi connectivity index (χ1n) is 9.46. The van der Waals surface area contributed by atoms with E-state index in [1.807, 2.05) is 72.8 Å². The van der Waals surface area contributed by atoms with Gasteiger partial charge >= 0.3 is 0 Å². The van der Waals surface area contributed by atoms with E-state index >= 15 is 0 Å². The number of para-hydroxylation sites is 1. The van der Waals surface area contributed by atoms with E-state index in [-0.39, 0.29) is 5.95 Å². The van der Waals surface area contributed by atoms with Crippen molar-refractivity contribution in [3.05, 3.63) is 90.3 Å². The molecular formula is C24H18N4OS. The highest BCUT2D eigenvalue weighted by Crippen LogP contribution is 2.34. The Morgan fingerprint density at radius 1 is 0.800 bits per heavy atom. The Kier molecular flexibility index (Phi) is 4.75. The fourth-order valence-electron chi connectivity index (χ4n) is 3.22. The summed E-state index contributed by atoms with van der Waals surface area (Å²) < 4.78 is 7.06. The summed E-state index contributed by atoms with van der Waals surface area (Å²) in [4.78, 5) is 8.78. The van der Waals surface area contributed by atoms with Gasteiger partial charge in [0.25, 0.3) is 0 Å². The van der Waals surface area contributed by atoms with Crippen molar-refractivity contribution in [2.75, 3.05) is 11.1 Å². The number of rotatable bonds is 5. The zero-order valence-corrected chi connectivity index (χ0v) is 16.8. The molecule has 0 radical (unpaired) electrons. The van der Waals surface area contributed by atoms with Gasteiger partial charge in [0.05, 0.1) is 5.69 Å². The van der Waals surface area contributed by atoms with Gasteiger partial charge < -0.3 is 15.8 Å². The van der Waals surface area contributed by atoms with Gasteiger partial charge in [-0.25, -0.2) is 4.98 Å². The Hall–Kier alpha value is -3.90. The molecular weight excluding hydrogens is 392 g/mol. The molecule has 0 amide bonds. The molecule has 2 aromatic heterocycles. The van der Waals surface area contributed by atoms with Gasteiger partial charge in [0, 0.05) is 32.8 Å². The van der Waals surface area contributed by atoms with Crippen LogP contribution in [0.1, 0.15) is 0 Å². The minimum atomic E-state index is 0.231. The minimum absolute atomic E-state index is 0.231. The molecule has 0 bridgehead atoms. The number of hydrogen-bond donors (Lipinski definition) is 2. The lowest BCUT2D eigenvalue weighted by atomic mass is 10.1. The van der Waals surface area contributed by atoms with Crippen LogP contribution in [0, 0.1) is 0 Å². The lowest BCUT2D eigenvalue weighted by molar-refractivity contribution is 0.483. The van der Waals surface area contributed by atoms with Gasteiger partial charge in [-0.05, 0) is 42.5 Å². The van der Waals surface area contributed by atoms with Crippen molar-refractivity contribution in [1.82, 2.24) is 9.97 Å². The number of benzene rings is 3. The molecule has 30 heavy (non-hydrogen) atoms. The number of ether oxygens (including phenoxy) is 1. The molecule has 0 atom stereocenters. The lowest BCUT2D eigenvalue weighted by Gasteiger charge is -2.10. The van der Waals surface area contributed by atoms with Gasteiger partial charge in [0.2, 0.25) is 5.95 Å². The van der Waals surface area contributed by atoms with E-state index in [9.17, 15) is 0 Å². The van der Waals surface area contributed by atoms with Crippen molar-refractivity contribution in [2.45, 2.75) is 0 Å². The average molecular weight is 411 g/mol. The van der Waals surface area contributed by atoms with Crippen LogP contribution in [0.2, 0.25) is 0 Å². The van der Waals surface area contributed by atoms with Crippen LogP contribution in [0.15, 0.2) is 90.3 Å². The first-order valence-corrected chi connectivity index (χ1v) is 10.3. The number of aromatic nitrogens is 2. The van der Waals surface area contributed by atoms with Crippen molar-refractivity contribution < 1.29 is 4.74 Å². The molecule has 3 aromatic carbocycles. The standard InChI is InChI=1S/C24H18N4OS/c25-24-27-21(20-15-30-22-9-5-4-8-19(20)22)14-23(28-24)26-16-10-12-18(13-11-16)29-17-6-2-1-3-7-17/h1-15H,(H3,25,26,27,28). The molecule has 5 rings (SSSR count). The van der Waals surface area contributed by atoms with Crippen LogP contribution < -0.4 is 15.8 Å². The SMILES string of the molecule is Nc1nc(Nc2ccc(Oc3ccccc3)cc2)cc(-c2csc3ccccc23)n1. The second kappa shape index (κ2) is 7.85. The maximum absolute atomic E-state index is 5.99. The molecule has 0 fully saturated rings.